The molecule has 3 amide bonds. The molecular weight excluding hydrogens is 306 g/mol. The predicted octanol–water partition coefficient (Wildman–Crippen LogP) is 3.30. The number of hydrogen-bond acceptors (Lipinski definition) is 3. The van der Waals surface area contributed by atoms with Crippen LogP contribution in [-0.4, -0.2) is 18.0 Å². The van der Waals surface area contributed by atoms with Gasteiger partial charge in [-0.15, -0.1) is 0 Å². The number of rotatable bonds is 6. The number of urea groups is 1. The fraction of sp³-hybridized carbons (Fsp3) is 0.333. The maximum atomic E-state index is 12.0. The Kier molecular flexibility index (Phi) is 6.01. The molecule has 0 radical (unpaired) electrons. The van der Waals surface area contributed by atoms with E-state index in [9.17, 15) is 9.59 Å². The fourth-order valence-corrected chi connectivity index (χ4v) is 2.09. The lowest BCUT2D eigenvalue weighted by atomic mass is 10.2. The number of hydrogen-bond donors (Lipinski definition) is 3. The van der Waals surface area contributed by atoms with E-state index in [1.54, 1.807) is 24.3 Å². The van der Waals surface area contributed by atoms with Crippen LogP contribution >= 0.6 is 0 Å². The molecule has 6 heteroatoms. The lowest BCUT2D eigenvalue weighted by molar-refractivity contribution is 0.0921. The molecule has 3 N–H and O–H groups in total. The van der Waals surface area contributed by atoms with Crippen molar-refractivity contribution in [3.05, 3.63) is 53.5 Å². The zero-order chi connectivity index (χ0) is 17.5. The van der Waals surface area contributed by atoms with E-state index in [4.69, 9.17) is 4.42 Å². The highest BCUT2D eigenvalue weighted by molar-refractivity contribution is 5.91. The Bertz CT molecular complexity index is 690. The molecule has 0 saturated heterocycles. The summed E-state index contributed by atoms with van der Waals surface area (Å²) in [5.41, 5.74) is 1.63. The Morgan fingerprint density at radius 1 is 1.08 bits per heavy atom. The molecule has 0 fully saturated rings. The molecule has 0 aliphatic carbocycles. The summed E-state index contributed by atoms with van der Waals surface area (Å²) in [6, 6.07) is 10.6. The van der Waals surface area contributed by atoms with E-state index in [1.165, 1.54) is 0 Å². The molecule has 0 spiro atoms. The minimum absolute atomic E-state index is 0.0781. The third-order valence-corrected chi connectivity index (χ3v) is 3.32. The molecule has 0 bridgehead atoms. The van der Waals surface area contributed by atoms with Gasteiger partial charge in [-0.3, -0.25) is 4.79 Å². The quantitative estimate of drug-likeness (QED) is 0.760. The molecule has 0 aliphatic rings. The van der Waals surface area contributed by atoms with E-state index < -0.39 is 0 Å². The van der Waals surface area contributed by atoms with E-state index in [0.29, 0.717) is 18.0 Å². The van der Waals surface area contributed by atoms with E-state index in [-0.39, 0.29) is 18.0 Å². The van der Waals surface area contributed by atoms with Crippen LogP contribution in [0.1, 0.15) is 42.6 Å². The zero-order valence-electron chi connectivity index (χ0n) is 14.2. The number of nitrogens with one attached hydrogen (secondary N) is 3. The minimum Gasteiger partial charge on any atom is -0.456 e. The SMILES string of the molecule is CCc1ccc(C(=O)NCc2ccc(NC(=O)NC(C)C)cc2)o1. The number of amides is 3. The molecule has 6 nitrogen and oxygen atoms in total. The van der Waals surface area contributed by atoms with Gasteiger partial charge in [0.25, 0.3) is 5.91 Å². The van der Waals surface area contributed by atoms with Crippen LogP contribution in [0.2, 0.25) is 0 Å². The molecule has 2 aromatic rings. The standard InChI is InChI=1S/C18H23N3O3/c1-4-15-9-10-16(24-15)17(22)19-11-13-5-7-14(8-6-13)21-18(23)20-12(2)3/h5-10,12H,4,11H2,1-3H3,(H,19,22)(H2,20,21,23). The monoisotopic (exact) mass is 329 g/mol. The number of carbonyl (C=O) groups excluding carboxylic acids is 2. The van der Waals surface area contributed by atoms with Gasteiger partial charge >= 0.3 is 6.03 Å². The summed E-state index contributed by atoms with van der Waals surface area (Å²) in [7, 11) is 0. The summed E-state index contributed by atoms with van der Waals surface area (Å²) >= 11 is 0. The van der Waals surface area contributed by atoms with Crippen molar-refractivity contribution >= 4 is 17.6 Å². The molecule has 1 heterocycles. The average molecular weight is 329 g/mol. The summed E-state index contributed by atoms with van der Waals surface area (Å²) in [6.45, 7) is 6.15. The highest BCUT2D eigenvalue weighted by Crippen LogP contribution is 2.11. The molecule has 1 aromatic heterocycles. The molecule has 0 atom stereocenters. The summed E-state index contributed by atoms with van der Waals surface area (Å²) in [5, 5.41) is 8.31. The number of carbonyl (C=O) groups is 2. The van der Waals surface area contributed by atoms with Crippen LogP contribution < -0.4 is 16.0 Å². The third-order valence-electron chi connectivity index (χ3n) is 3.32. The normalized spacial score (nSPS) is 10.5. The Labute approximate surface area is 141 Å². The van der Waals surface area contributed by atoms with Crippen LogP contribution in [-0.2, 0) is 13.0 Å². The molecule has 24 heavy (non-hydrogen) atoms. The highest BCUT2D eigenvalue weighted by atomic mass is 16.3. The second-order valence-corrected chi connectivity index (χ2v) is 5.75. The van der Waals surface area contributed by atoms with Crippen LogP contribution in [0, 0.1) is 0 Å². The van der Waals surface area contributed by atoms with Crippen LogP contribution in [0.4, 0.5) is 10.5 Å². The van der Waals surface area contributed by atoms with Gasteiger partial charge in [-0.25, -0.2) is 4.79 Å². The van der Waals surface area contributed by atoms with Crippen molar-refractivity contribution in [1.82, 2.24) is 10.6 Å². The molecule has 0 saturated carbocycles. The largest absolute Gasteiger partial charge is 0.456 e. The number of furan rings is 1. The third kappa shape index (κ3) is 5.15. The smallest absolute Gasteiger partial charge is 0.319 e. The first kappa shape index (κ1) is 17.6. The lowest BCUT2D eigenvalue weighted by Crippen LogP contribution is -2.34. The van der Waals surface area contributed by atoms with E-state index in [0.717, 1.165) is 17.7 Å². The van der Waals surface area contributed by atoms with E-state index in [1.807, 2.05) is 32.9 Å². The molecule has 128 valence electrons. The van der Waals surface area contributed by atoms with Crippen molar-refractivity contribution in [1.29, 1.82) is 0 Å². The van der Waals surface area contributed by atoms with Crippen molar-refractivity contribution in [2.24, 2.45) is 0 Å². The molecule has 0 aliphatic heterocycles. The highest BCUT2D eigenvalue weighted by Gasteiger charge is 2.10. The van der Waals surface area contributed by atoms with Crippen molar-refractivity contribution in [2.45, 2.75) is 39.8 Å². The van der Waals surface area contributed by atoms with Crippen molar-refractivity contribution in [3.63, 3.8) is 0 Å². The Morgan fingerprint density at radius 3 is 2.38 bits per heavy atom. The van der Waals surface area contributed by atoms with Crippen molar-refractivity contribution in [2.75, 3.05) is 5.32 Å². The average Bonchev–Trinajstić information content (AvgIpc) is 3.02. The van der Waals surface area contributed by atoms with Crippen LogP contribution in [0.15, 0.2) is 40.8 Å². The Balaban J connectivity index is 1.85. The molecule has 1 aromatic carbocycles. The first-order valence-electron chi connectivity index (χ1n) is 8.01. The summed E-state index contributed by atoms with van der Waals surface area (Å²) in [4.78, 5) is 23.6. The predicted molar refractivity (Wildman–Crippen MR) is 93.0 cm³/mol. The number of anilines is 1. The van der Waals surface area contributed by atoms with Gasteiger partial charge in [0.2, 0.25) is 0 Å². The first-order chi connectivity index (χ1) is 11.5. The fourth-order valence-electron chi connectivity index (χ4n) is 2.09. The van der Waals surface area contributed by atoms with E-state index in [2.05, 4.69) is 16.0 Å². The van der Waals surface area contributed by atoms with Gasteiger partial charge in [0, 0.05) is 24.7 Å². The van der Waals surface area contributed by atoms with Gasteiger partial charge in [0.15, 0.2) is 5.76 Å². The van der Waals surface area contributed by atoms with Crippen LogP contribution in [0.3, 0.4) is 0 Å². The zero-order valence-corrected chi connectivity index (χ0v) is 14.2. The summed E-state index contributed by atoms with van der Waals surface area (Å²) < 4.78 is 5.41. The Hall–Kier alpha value is -2.76. The van der Waals surface area contributed by atoms with Gasteiger partial charge < -0.3 is 20.4 Å². The minimum atomic E-state index is -0.242. The first-order valence-corrected chi connectivity index (χ1v) is 8.01. The molecule has 0 unspecified atom stereocenters. The van der Waals surface area contributed by atoms with Gasteiger partial charge in [0.1, 0.15) is 5.76 Å². The Morgan fingerprint density at radius 2 is 1.79 bits per heavy atom. The van der Waals surface area contributed by atoms with Crippen LogP contribution in [0.25, 0.3) is 0 Å². The van der Waals surface area contributed by atoms with Gasteiger partial charge in [-0.05, 0) is 43.7 Å². The molecule has 2 rings (SSSR count). The van der Waals surface area contributed by atoms with Crippen LogP contribution in [0.5, 0.6) is 0 Å². The lowest BCUT2D eigenvalue weighted by Gasteiger charge is -2.10. The maximum absolute atomic E-state index is 12.0. The summed E-state index contributed by atoms with van der Waals surface area (Å²) in [6.07, 6.45) is 0.756. The van der Waals surface area contributed by atoms with Crippen molar-refractivity contribution < 1.29 is 14.0 Å². The second kappa shape index (κ2) is 8.19. The second-order valence-electron chi connectivity index (χ2n) is 5.75. The van der Waals surface area contributed by atoms with Crippen molar-refractivity contribution in [3.8, 4) is 0 Å². The maximum Gasteiger partial charge on any atom is 0.319 e. The number of benzene rings is 1. The number of aryl methyl sites for hydroxylation is 1. The summed E-state index contributed by atoms with van der Waals surface area (Å²) in [5.74, 6) is 0.860. The van der Waals surface area contributed by atoms with Gasteiger partial charge in [0.05, 0.1) is 0 Å². The van der Waals surface area contributed by atoms with E-state index >= 15 is 0 Å². The van der Waals surface area contributed by atoms with Gasteiger partial charge in [-0.1, -0.05) is 19.1 Å². The molecular formula is C18H23N3O3. The van der Waals surface area contributed by atoms with Gasteiger partial charge in [-0.2, -0.15) is 0 Å². The topological polar surface area (TPSA) is 83.4 Å².